The molecule has 2 aromatic heterocycles. The van der Waals surface area contributed by atoms with Crippen molar-refractivity contribution in [3.8, 4) is 17.2 Å². The summed E-state index contributed by atoms with van der Waals surface area (Å²) in [6.07, 6.45) is 2.79. The van der Waals surface area contributed by atoms with Crippen LogP contribution in [0.5, 0.6) is 11.5 Å². The molecule has 4 heterocycles. The molecule has 2 aliphatic heterocycles. The van der Waals surface area contributed by atoms with Crippen LogP contribution in [0.3, 0.4) is 0 Å². The molecule has 0 amide bonds. The number of hydrogen-bond acceptors (Lipinski definition) is 5. The number of nitrogens with zero attached hydrogens (tertiary/aromatic N) is 3. The topological polar surface area (TPSA) is 63.6 Å². The van der Waals surface area contributed by atoms with Gasteiger partial charge in [-0.3, -0.25) is 4.98 Å². The van der Waals surface area contributed by atoms with Crippen LogP contribution in [0.15, 0.2) is 79.0 Å². The molecule has 2 atom stereocenters. The maximum atomic E-state index is 5.90. The van der Waals surface area contributed by atoms with Gasteiger partial charge in [-0.15, -0.1) is 0 Å². The highest BCUT2D eigenvalue weighted by Crippen LogP contribution is 2.42. The van der Waals surface area contributed by atoms with E-state index in [0.29, 0.717) is 0 Å². The van der Waals surface area contributed by atoms with E-state index in [9.17, 15) is 0 Å². The highest BCUT2D eigenvalue weighted by atomic mass is 32.1. The van der Waals surface area contributed by atoms with Crippen LogP contribution in [0.1, 0.15) is 41.1 Å². The number of pyridine rings is 1. The number of thiocarbonyl (C=S) groups is 1. The molecule has 1 saturated heterocycles. The van der Waals surface area contributed by atoms with Crippen molar-refractivity contribution >= 4 is 23.0 Å². The van der Waals surface area contributed by atoms with Gasteiger partial charge in [0.05, 0.1) is 17.8 Å². The van der Waals surface area contributed by atoms with E-state index in [1.807, 2.05) is 48.7 Å². The fourth-order valence-electron chi connectivity index (χ4n) is 5.53. The summed E-state index contributed by atoms with van der Waals surface area (Å²) in [7, 11) is 0. The standard InChI is InChI=1S/C30H31N5O2S/c1-20-17-24(21(2)35(20)23-12-13-26-27(18-23)37-19-36-26)29-28(25-11-6-7-14-32-25)33-30(38)34(29)16-8-15-31-22-9-4-3-5-10-22/h3-7,9-14,17-18,28-29,31H,8,15-16,19H2,1-2H3,(H,33,38)/t28-,29+/m1/s1. The molecular weight excluding hydrogens is 494 g/mol. The largest absolute Gasteiger partial charge is 0.454 e. The van der Waals surface area contributed by atoms with Gasteiger partial charge in [0.25, 0.3) is 0 Å². The van der Waals surface area contributed by atoms with Crippen LogP contribution in [-0.2, 0) is 0 Å². The van der Waals surface area contributed by atoms with Crippen LogP contribution < -0.4 is 20.1 Å². The first-order valence-electron chi connectivity index (χ1n) is 13.0. The number of para-hydroxylation sites is 1. The third-order valence-electron chi connectivity index (χ3n) is 7.28. The molecule has 6 rings (SSSR count). The third kappa shape index (κ3) is 4.56. The Balaban J connectivity index is 1.31. The molecule has 2 aliphatic rings. The summed E-state index contributed by atoms with van der Waals surface area (Å²) in [4.78, 5) is 7.03. The number of rotatable bonds is 8. The zero-order valence-electron chi connectivity index (χ0n) is 21.6. The average Bonchev–Trinajstić information content (AvgIpc) is 3.62. The summed E-state index contributed by atoms with van der Waals surface area (Å²) < 4.78 is 13.5. The number of nitrogens with one attached hydrogen (secondary N) is 2. The van der Waals surface area contributed by atoms with E-state index in [1.54, 1.807) is 0 Å². The molecule has 194 valence electrons. The molecule has 0 radical (unpaired) electrons. The van der Waals surface area contributed by atoms with Gasteiger partial charge in [0.1, 0.15) is 0 Å². The van der Waals surface area contributed by atoms with Crippen LogP contribution in [0.4, 0.5) is 5.69 Å². The van der Waals surface area contributed by atoms with Gasteiger partial charge < -0.3 is 29.6 Å². The molecule has 2 aromatic carbocycles. The highest BCUT2D eigenvalue weighted by Gasteiger charge is 2.41. The molecule has 1 fully saturated rings. The summed E-state index contributed by atoms with van der Waals surface area (Å²) in [6.45, 7) is 6.27. The maximum Gasteiger partial charge on any atom is 0.231 e. The molecule has 0 aliphatic carbocycles. The Labute approximate surface area is 228 Å². The van der Waals surface area contributed by atoms with Gasteiger partial charge in [-0.05, 0) is 80.5 Å². The van der Waals surface area contributed by atoms with Crippen molar-refractivity contribution in [3.05, 3.63) is 102 Å². The van der Waals surface area contributed by atoms with Crippen molar-refractivity contribution in [2.75, 3.05) is 25.2 Å². The van der Waals surface area contributed by atoms with Crippen LogP contribution in [0, 0.1) is 13.8 Å². The van der Waals surface area contributed by atoms with Crippen LogP contribution in [0.25, 0.3) is 5.69 Å². The molecule has 38 heavy (non-hydrogen) atoms. The van der Waals surface area contributed by atoms with E-state index in [0.717, 1.165) is 58.9 Å². The Morgan fingerprint density at radius 2 is 1.82 bits per heavy atom. The van der Waals surface area contributed by atoms with E-state index in [1.165, 1.54) is 11.3 Å². The monoisotopic (exact) mass is 525 g/mol. The van der Waals surface area contributed by atoms with Gasteiger partial charge in [0.2, 0.25) is 6.79 Å². The first-order valence-corrected chi connectivity index (χ1v) is 13.4. The number of aromatic nitrogens is 2. The minimum absolute atomic E-state index is 0.0167. The van der Waals surface area contributed by atoms with Crippen LogP contribution in [-0.4, -0.2) is 39.4 Å². The van der Waals surface area contributed by atoms with Gasteiger partial charge in [-0.1, -0.05) is 24.3 Å². The molecule has 7 nitrogen and oxygen atoms in total. The first kappa shape index (κ1) is 24.3. The Morgan fingerprint density at radius 1 is 1.00 bits per heavy atom. The summed E-state index contributed by atoms with van der Waals surface area (Å²) >= 11 is 5.90. The molecule has 0 unspecified atom stereocenters. The number of aryl methyl sites for hydroxylation is 1. The normalized spacial score (nSPS) is 18.1. The SMILES string of the molecule is Cc1cc([C@H]2[C@@H](c3ccccn3)NC(=S)N2CCCNc2ccccc2)c(C)n1-c1ccc2c(c1)OCO2. The predicted octanol–water partition coefficient (Wildman–Crippen LogP) is 5.69. The van der Waals surface area contributed by atoms with Gasteiger partial charge in [0, 0.05) is 48.1 Å². The summed E-state index contributed by atoms with van der Waals surface area (Å²) in [5.74, 6) is 1.56. The number of ether oxygens (including phenoxy) is 2. The van der Waals surface area contributed by atoms with Gasteiger partial charge >= 0.3 is 0 Å². The zero-order valence-corrected chi connectivity index (χ0v) is 22.4. The second-order valence-electron chi connectivity index (χ2n) is 9.67. The van der Waals surface area contributed by atoms with Gasteiger partial charge in [0.15, 0.2) is 16.6 Å². The summed E-state index contributed by atoms with van der Waals surface area (Å²) in [5.41, 5.74) is 6.73. The Kier molecular flexibility index (Phi) is 6.64. The quantitative estimate of drug-likeness (QED) is 0.226. The summed E-state index contributed by atoms with van der Waals surface area (Å²) in [5, 5.41) is 7.87. The lowest BCUT2D eigenvalue weighted by Gasteiger charge is -2.28. The average molecular weight is 526 g/mol. The number of benzene rings is 2. The van der Waals surface area contributed by atoms with E-state index < -0.39 is 0 Å². The first-order chi connectivity index (χ1) is 18.6. The Hall–Kier alpha value is -4.04. The fourth-order valence-corrected chi connectivity index (χ4v) is 5.86. The fraction of sp³-hybridized carbons (Fsp3) is 0.267. The van der Waals surface area contributed by atoms with Crippen LogP contribution >= 0.6 is 12.2 Å². The van der Waals surface area contributed by atoms with Crippen molar-refractivity contribution in [3.63, 3.8) is 0 Å². The number of fused-ring (bicyclic) bond motifs is 1. The number of hydrogen-bond donors (Lipinski definition) is 2. The lowest BCUT2D eigenvalue weighted by Crippen LogP contribution is -2.31. The van der Waals surface area contributed by atoms with E-state index in [2.05, 4.69) is 64.3 Å². The zero-order chi connectivity index (χ0) is 26.1. The predicted molar refractivity (Wildman–Crippen MR) is 153 cm³/mol. The van der Waals surface area contributed by atoms with E-state index in [4.69, 9.17) is 26.7 Å². The lowest BCUT2D eigenvalue weighted by molar-refractivity contribution is 0.174. The molecule has 0 spiro atoms. The van der Waals surface area contributed by atoms with Crippen molar-refractivity contribution in [1.82, 2.24) is 19.8 Å². The molecule has 2 N–H and O–H groups in total. The van der Waals surface area contributed by atoms with Crippen molar-refractivity contribution < 1.29 is 9.47 Å². The summed E-state index contributed by atoms with van der Waals surface area (Å²) in [6, 6.07) is 24.7. The van der Waals surface area contributed by atoms with Crippen molar-refractivity contribution in [1.29, 1.82) is 0 Å². The van der Waals surface area contributed by atoms with Gasteiger partial charge in [-0.25, -0.2) is 0 Å². The van der Waals surface area contributed by atoms with Crippen molar-refractivity contribution in [2.24, 2.45) is 0 Å². The van der Waals surface area contributed by atoms with E-state index >= 15 is 0 Å². The molecule has 0 bridgehead atoms. The molecular formula is C30H31N5O2S. The second-order valence-corrected chi connectivity index (χ2v) is 10.1. The van der Waals surface area contributed by atoms with Crippen LogP contribution in [0.2, 0.25) is 0 Å². The van der Waals surface area contributed by atoms with E-state index in [-0.39, 0.29) is 18.9 Å². The molecule has 0 saturated carbocycles. The van der Waals surface area contributed by atoms with Gasteiger partial charge in [-0.2, -0.15) is 0 Å². The smallest absolute Gasteiger partial charge is 0.231 e. The molecule has 4 aromatic rings. The minimum Gasteiger partial charge on any atom is -0.454 e. The Bertz CT molecular complexity index is 1440. The highest BCUT2D eigenvalue weighted by molar-refractivity contribution is 7.80. The van der Waals surface area contributed by atoms with Crippen molar-refractivity contribution in [2.45, 2.75) is 32.4 Å². The number of anilines is 1. The lowest BCUT2D eigenvalue weighted by atomic mass is 9.96. The Morgan fingerprint density at radius 3 is 2.63 bits per heavy atom. The minimum atomic E-state index is -0.0449. The third-order valence-corrected chi connectivity index (χ3v) is 7.63. The molecule has 8 heteroatoms. The maximum absolute atomic E-state index is 5.90. The second kappa shape index (κ2) is 10.4.